The Morgan fingerprint density at radius 1 is 1.47 bits per heavy atom. The predicted molar refractivity (Wildman–Crippen MR) is 66.1 cm³/mol. The summed E-state index contributed by atoms with van der Waals surface area (Å²) in [6.45, 7) is 2.13. The molecule has 1 aliphatic heterocycles. The molecule has 0 spiro atoms. The Balaban J connectivity index is 2.29. The largest absolute Gasteiger partial charge is 0.346 e. The number of hydrogen-bond acceptors (Lipinski definition) is 2. The molecule has 2 aromatic heterocycles. The molecule has 2 nitrogen and oxygen atoms in total. The van der Waals surface area contributed by atoms with E-state index < -0.39 is 0 Å². The fourth-order valence-electron chi connectivity index (χ4n) is 2.06. The van der Waals surface area contributed by atoms with Crippen LogP contribution >= 0.6 is 11.8 Å². The van der Waals surface area contributed by atoms with Crippen molar-refractivity contribution in [2.45, 2.75) is 6.92 Å². The van der Waals surface area contributed by atoms with E-state index in [4.69, 9.17) is 0 Å². The Labute approximate surface area is 92.8 Å². The molecule has 0 radical (unpaired) electrons. The average molecular weight is 216 g/mol. The number of H-pyrrole nitrogens is 1. The van der Waals surface area contributed by atoms with E-state index in [1.807, 2.05) is 24.2 Å². The van der Waals surface area contributed by atoms with Crippen LogP contribution in [0.1, 0.15) is 11.1 Å². The van der Waals surface area contributed by atoms with E-state index >= 15 is 0 Å². The summed E-state index contributed by atoms with van der Waals surface area (Å²) >= 11 is 1.97. The molecule has 0 bridgehead atoms. The first-order valence-electron chi connectivity index (χ1n) is 5.06. The van der Waals surface area contributed by atoms with E-state index in [9.17, 15) is 0 Å². The zero-order valence-electron chi connectivity index (χ0n) is 8.58. The SMILES string of the molecule is Cc1c[nH]c2nccc(C3=CCSC3)c12. The number of nitrogens with zero attached hydrogens (tertiary/aromatic N) is 1. The van der Waals surface area contributed by atoms with Gasteiger partial charge in [-0.3, -0.25) is 0 Å². The summed E-state index contributed by atoms with van der Waals surface area (Å²) in [4.78, 5) is 7.55. The summed E-state index contributed by atoms with van der Waals surface area (Å²) in [6, 6.07) is 2.13. The number of aromatic nitrogens is 2. The highest BCUT2D eigenvalue weighted by Crippen LogP contribution is 2.31. The fourth-order valence-corrected chi connectivity index (χ4v) is 2.99. The molecule has 15 heavy (non-hydrogen) atoms. The third kappa shape index (κ3) is 1.38. The minimum Gasteiger partial charge on any atom is -0.346 e. The van der Waals surface area contributed by atoms with Crippen LogP contribution in [0.25, 0.3) is 16.6 Å². The van der Waals surface area contributed by atoms with Crippen molar-refractivity contribution in [2.24, 2.45) is 0 Å². The fraction of sp³-hybridized carbons (Fsp3) is 0.250. The first-order chi connectivity index (χ1) is 7.36. The molecule has 0 unspecified atom stereocenters. The van der Waals surface area contributed by atoms with Gasteiger partial charge in [0.25, 0.3) is 0 Å². The van der Waals surface area contributed by atoms with Gasteiger partial charge in [0, 0.05) is 29.3 Å². The van der Waals surface area contributed by atoms with Crippen LogP contribution in [0.15, 0.2) is 24.5 Å². The Morgan fingerprint density at radius 2 is 2.40 bits per heavy atom. The standard InChI is InChI=1S/C12H12N2S/c1-8-6-14-12-11(8)10(2-4-13-12)9-3-5-15-7-9/h2-4,6H,5,7H2,1H3,(H,13,14). The van der Waals surface area contributed by atoms with Gasteiger partial charge in [-0.25, -0.2) is 4.98 Å². The molecule has 0 amide bonds. The van der Waals surface area contributed by atoms with Crippen LogP contribution in [0.5, 0.6) is 0 Å². The topological polar surface area (TPSA) is 28.7 Å². The summed E-state index contributed by atoms with van der Waals surface area (Å²) in [7, 11) is 0. The molecule has 3 heterocycles. The van der Waals surface area contributed by atoms with Gasteiger partial charge in [-0.15, -0.1) is 0 Å². The third-order valence-corrected chi connectivity index (χ3v) is 3.74. The summed E-state index contributed by atoms with van der Waals surface area (Å²) < 4.78 is 0. The van der Waals surface area contributed by atoms with Crippen molar-refractivity contribution in [3.05, 3.63) is 35.7 Å². The molecule has 2 aromatic rings. The highest BCUT2D eigenvalue weighted by molar-refractivity contribution is 8.00. The molecule has 0 fully saturated rings. The zero-order valence-corrected chi connectivity index (χ0v) is 9.40. The average Bonchev–Trinajstić information content (AvgIpc) is 2.88. The van der Waals surface area contributed by atoms with Gasteiger partial charge in [0.2, 0.25) is 0 Å². The summed E-state index contributed by atoms with van der Waals surface area (Å²) in [6.07, 6.45) is 6.24. The maximum Gasteiger partial charge on any atom is 0.138 e. The number of hydrogen-bond donors (Lipinski definition) is 1. The first kappa shape index (κ1) is 9.04. The highest BCUT2D eigenvalue weighted by Gasteiger charge is 2.13. The predicted octanol–water partition coefficient (Wildman–Crippen LogP) is 3.00. The maximum atomic E-state index is 4.34. The van der Waals surface area contributed by atoms with Gasteiger partial charge in [0.15, 0.2) is 0 Å². The Bertz CT molecular complexity index is 540. The normalized spacial score (nSPS) is 15.9. The van der Waals surface area contributed by atoms with E-state index in [1.165, 1.54) is 22.1 Å². The van der Waals surface area contributed by atoms with Gasteiger partial charge in [-0.2, -0.15) is 11.8 Å². The van der Waals surface area contributed by atoms with Gasteiger partial charge in [0.1, 0.15) is 5.65 Å². The van der Waals surface area contributed by atoms with Crippen molar-refractivity contribution in [1.29, 1.82) is 0 Å². The Kier molecular flexibility index (Phi) is 2.06. The minimum atomic E-state index is 1.00. The number of nitrogens with one attached hydrogen (secondary N) is 1. The van der Waals surface area contributed by atoms with Crippen molar-refractivity contribution in [3.63, 3.8) is 0 Å². The van der Waals surface area contributed by atoms with Crippen LogP contribution in [0.3, 0.4) is 0 Å². The maximum absolute atomic E-state index is 4.34. The van der Waals surface area contributed by atoms with Crippen LogP contribution in [-0.2, 0) is 0 Å². The third-order valence-electron chi connectivity index (χ3n) is 2.82. The summed E-state index contributed by atoms with van der Waals surface area (Å²) in [5, 5.41) is 1.28. The molecule has 1 N–H and O–H groups in total. The molecule has 0 aliphatic carbocycles. The van der Waals surface area contributed by atoms with Gasteiger partial charge in [0.05, 0.1) is 0 Å². The minimum absolute atomic E-state index is 1.00. The van der Waals surface area contributed by atoms with E-state index in [2.05, 4.69) is 29.0 Å². The molecule has 1 aliphatic rings. The van der Waals surface area contributed by atoms with Crippen LogP contribution in [0, 0.1) is 6.92 Å². The van der Waals surface area contributed by atoms with Crippen molar-refractivity contribution in [3.8, 4) is 0 Å². The van der Waals surface area contributed by atoms with Gasteiger partial charge < -0.3 is 4.98 Å². The summed E-state index contributed by atoms with van der Waals surface area (Å²) in [5.41, 5.74) is 5.09. The monoisotopic (exact) mass is 216 g/mol. The lowest BCUT2D eigenvalue weighted by atomic mass is 10.0. The number of aryl methyl sites for hydroxylation is 1. The second kappa shape index (κ2) is 3.42. The van der Waals surface area contributed by atoms with E-state index in [1.54, 1.807) is 0 Å². The van der Waals surface area contributed by atoms with Crippen molar-refractivity contribution >= 4 is 28.4 Å². The lowest BCUT2D eigenvalue weighted by Gasteiger charge is -2.04. The lowest BCUT2D eigenvalue weighted by molar-refractivity contribution is 1.32. The number of fused-ring (bicyclic) bond motifs is 1. The summed E-state index contributed by atoms with van der Waals surface area (Å²) in [5.74, 6) is 2.27. The van der Waals surface area contributed by atoms with E-state index in [-0.39, 0.29) is 0 Å². The molecule has 0 aromatic carbocycles. The Hall–Kier alpha value is -1.22. The van der Waals surface area contributed by atoms with Crippen LogP contribution < -0.4 is 0 Å². The molecule has 3 heteroatoms. The number of thioether (sulfide) groups is 1. The molecule has 3 rings (SSSR count). The van der Waals surface area contributed by atoms with Crippen molar-refractivity contribution in [2.75, 3.05) is 11.5 Å². The molecule has 0 saturated carbocycles. The molecular formula is C12H12N2S. The van der Waals surface area contributed by atoms with Gasteiger partial charge in [-0.1, -0.05) is 6.08 Å². The number of rotatable bonds is 1. The second-order valence-electron chi connectivity index (χ2n) is 3.80. The second-order valence-corrected chi connectivity index (χ2v) is 4.83. The molecule has 0 saturated heterocycles. The molecule has 76 valence electrons. The van der Waals surface area contributed by atoms with E-state index in [0.717, 1.165) is 17.2 Å². The smallest absolute Gasteiger partial charge is 0.138 e. The van der Waals surface area contributed by atoms with E-state index in [0.29, 0.717) is 0 Å². The van der Waals surface area contributed by atoms with Crippen LogP contribution in [0.4, 0.5) is 0 Å². The lowest BCUT2D eigenvalue weighted by Crippen LogP contribution is -1.88. The number of aromatic amines is 1. The zero-order chi connectivity index (χ0) is 10.3. The molecular weight excluding hydrogens is 204 g/mol. The van der Waals surface area contributed by atoms with Crippen LogP contribution in [-0.4, -0.2) is 21.5 Å². The number of pyridine rings is 1. The van der Waals surface area contributed by atoms with Crippen LogP contribution in [0.2, 0.25) is 0 Å². The van der Waals surface area contributed by atoms with Crippen molar-refractivity contribution < 1.29 is 0 Å². The highest BCUT2D eigenvalue weighted by atomic mass is 32.2. The Morgan fingerprint density at radius 3 is 3.20 bits per heavy atom. The first-order valence-corrected chi connectivity index (χ1v) is 6.21. The quantitative estimate of drug-likeness (QED) is 0.793. The van der Waals surface area contributed by atoms with Gasteiger partial charge >= 0.3 is 0 Å². The molecule has 0 atom stereocenters. The van der Waals surface area contributed by atoms with Crippen molar-refractivity contribution in [1.82, 2.24) is 9.97 Å². The van der Waals surface area contributed by atoms with Gasteiger partial charge in [-0.05, 0) is 29.7 Å².